The summed E-state index contributed by atoms with van der Waals surface area (Å²) in [6.45, 7) is 0.619. The largest absolute Gasteiger partial charge is 0.501 e. The molecule has 2 nitrogen and oxygen atoms in total. The Morgan fingerprint density at radius 3 is 2.44 bits per heavy atom. The summed E-state index contributed by atoms with van der Waals surface area (Å²) in [6.07, 6.45) is 1.96. The van der Waals surface area contributed by atoms with Crippen LogP contribution in [0.15, 0.2) is 30.0 Å². The van der Waals surface area contributed by atoms with Gasteiger partial charge < -0.3 is 9.84 Å². The van der Waals surface area contributed by atoms with Crippen molar-refractivity contribution in [1.29, 1.82) is 0 Å². The van der Waals surface area contributed by atoms with E-state index in [0.717, 1.165) is 24.6 Å². The highest BCUT2D eigenvalue weighted by molar-refractivity contribution is 5.27. The lowest BCUT2D eigenvalue weighted by atomic mass is 9.98. The maximum atomic E-state index is 13.0. The average Bonchev–Trinajstić information content (AvgIpc) is 2.28. The zero-order valence-corrected chi connectivity index (χ0v) is 8.62. The summed E-state index contributed by atoms with van der Waals surface area (Å²) >= 11 is 0. The third-order valence-corrected chi connectivity index (χ3v) is 2.51. The maximum Gasteiger partial charge on any atom is 0.126 e. The molecule has 1 aliphatic rings. The topological polar surface area (TPSA) is 29.5 Å². The molecule has 1 N–H and O–H groups in total. The van der Waals surface area contributed by atoms with E-state index in [1.54, 1.807) is 0 Å². The highest BCUT2D eigenvalue weighted by Crippen LogP contribution is 2.28. The van der Waals surface area contributed by atoms with Gasteiger partial charge in [0, 0.05) is 6.07 Å². The van der Waals surface area contributed by atoms with E-state index < -0.39 is 17.7 Å². The molecule has 86 valence electrons. The Balaban J connectivity index is 2.25. The normalized spacial score (nSPS) is 17.6. The number of hydrogen-bond donors (Lipinski definition) is 1. The number of rotatable bonds is 2. The Kier molecular flexibility index (Phi) is 3.19. The molecular weight excluding hydrogens is 214 g/mol. The van der Waals surface area contributed by atoms with E-state index >= 15 is 0 Å². The molecule has 1 aromatic carbocycles. The molecule has 4 heteroatoms. The summed E-state index contributed by atoms with van der Waals surface area (Å²) < 4.78 is 31.0. The quantitative estimate of drug-likeness (QED) is 0.840. The van der Waals surface area contributed by atoms with Crippen LogP contribution in [-0.2, 0) is 4.74 Å². The van der Waals surface area contributed by atoms with Gasteiger partial charge in [0.25, 0.3) is 0 Å². The second kappa shape index (κ2) is 4.61. The predicted molar refractivity (Wildman–Crippen MR) is 54.6 cm³/mol. The maximum absolute atomic E-state index is 13.0. The molecule has 1 atom stereocenters. The SMILES string of the molecule is OC(C1=COCCC1)c1cc(F)cc(F)c1. The van der Waals surface area contributed by atoms with Crippen molar-refractivity contribution in [2.24, 2.45) is 0 Å². The van der Waals surface area contributed by atoms with Gasteiger partial charge in [-0.3, -0.25) is 0 Å². The molecule has 0 fully saturated rings. The molecule has 0 aliphatic carbocycles. The summed E-state index contributed by atoms with van der Waals surface area (Å²) in [5.74, 6) is -1.38. The summed E-state index contributed by atoms with van der Waals surface area (Å²) in [4.78, 5) is 0. The molecule has 0 amide bonds. The molecule has 0 aromatic heterocycles. The van der Waals surface area contributed by atoms with E-state index in [1.165, 1.54) is 6.26 Å². The van der Waals surface area contributed by atoms with Crippen molar-refractivity contribution in [2.45, 2.75) is 18.9 Å². The molecule has 1 aromatic rings. The van der Waals surface area contributed by atoms with Crippen molar-refractivity contribution in [2.75, 3.05) is 6.61 Å². The Hall–Kier alpha value is -1.42. The van der Waals surface area contributed by atoms with Crippen molar-refractivity contribution in [1.82, 2.24) is 0 Å². The molecule has 1 aliphatic heterocycles. The summed E-state index contributed by atoms with van der Waals surface area (Å²) in [6, 6.07) is 3.04. The number of ether oxygens (including phenoxy) is 1. The standard InChI is InChI=1S/C12H12F2O2/c13-10-4-9(5-11(14)6-10)12(15)8-2-1-3-16-7-8/h4-7,12,15H,1-3H2. The highest BCUT2D eigenvalue weighted by atomic mass is 19.1. The van der Waals surface area contributed by atoms with Crippen molar-refractivity contribution < 1.29 is 18.6 Å². The number of halogens is 2. The molecule has 0 spiro atoms. The monoisotopic (exact) mass is 226 g/mol. The smallest absolute Gasteiger partial charge is 0.126 e. The van der Waals surface area contributed by atoms with Gasteiger partial charge in [0.1, 0.15) is 17.7 Å². The molecule has 1 unspecified atom stereocenters. The fraction of sp³-hybridized carbons (Fsp3) is 0.333. The third kappa shape index (κ3) is 2.39. The Morgan fingerprint density at radius 1 is 1.19 bits per heavy atom. The van der Waals surface area contributed by atoms with Gasteiger partial charge in [-0.15, -0.1) is 0 Å². The zero-order chi connectivity index (χ0) is 11.5. The van der Waals surface area contributed by atoms with Gasteiger partial charge in [0.2, 0.25) is 0 Å². The molecule has 0 saturated heterocycles. The fourth-order valence-electron chi connectivity index (χ4n) is 1.73. The molecule has 0 bridgehead atoms. The Morgan fingerprint density at radius 2 is 1.88 bits per heavy atom. The fourth-order valence-corrected chi connectivity index (χ4v) is 1.73. The first-order valence-corrected chi connectivity index (χ1v) is 5.11. The van der Waals surface area contributed by atoms with Crippen LogP contribution in [0.2, 0.25) is 0 Å². The number of benzene rings is 1. The Bertz CT molecular complexity index is 395. The lowest BCUT2D eigenvalue weighted by Gasteiger charge is -2.19. The van der Waals surface area contributed by atoms with Crippen LogP contribution in [0.25, 0.3) is 0 Å². The minimum Gasteiger partial charge on any atom is -0.501 e. The van der Waals surface area contributed by atoms with Crippen LogP contribution in [-0.4, -0.2) is 11.7 Å². The van der Waals surface area contributed by atoms with Gasteiger partial charge in [-0.05, 0) is 36.1 Å². The number of hydrogen-bond acceptors (Lipinski definition) is 2. The van der Waals surface area contributed by atoms with E-state index in [2.05, 4.69) is 0 Å². The summed E-state index contributed by atoms with van der Waals surface area (Å²) in [7, 11) is 0. The van der Waals surface area contributed by atoms with Crippen LogP contribution >= 0.6 is 0 Å². The van der Waals surface area contributed by atoms with Gasteiger partial charge >= 0.3 is 0 Å². The minimum atomic E-state index is -0.995. The van der Waals surface area contributed by atoms with E-state index in [0.29, 0.717) is 18.6 Å². The lowest BCUT2D eigenvalue weighted by molar-refractivity contribution is 0.170. The molecule has 16 heavy (non-hydrogen) atoms. The van der Waals surface area contributed by atoms with Crippen molar-refractivity contribution in [3.05, 3.63) is 47.2 Å². The van der Waals surface area contributed by atoms with Gasteiger partial charge in [-0.1, -0.05) is 0 Å². The van der Waals surface area contributed by atoms with Crippen LogP contribution in [0.1, 0.15) is 24.5 Å². The first-order chi connectivity index (χ1) is 7.66. The molecule has 2 rings (SSSR count). The highest BCUT2D eigenvalue weighted by Gasteiger charge is 2.17. The van der Waals surface area contributed by atoms with Crippen LogP contribution in [0.4, 0.5) is 8.78 Å². The lowest BCUT2D eigenvalue weighted by Crippen LogP contribution is -2.08. The van der Waals surface area contributed by atoms with E-state index in [-0.39, 0.29) is 5.56 Å². The first-order valence-electron chi connectivity index (χ1n) is 5.11. The third-order valence-electron chi connectivity index (χ3n) is 2.51. The van der Waals surface area contributed by atoms with E-state index in [4.69, 9.17) is 4.74 Å². The predicted octanol–water partition coefficient (Wildman–Crippen LogP) is 2.69. The zero-order valence-electron chi connectivity index (χ0n) is 8.62. The second-order valence-electron chi connectivity index (χ2n) is 3.77. The number of aliphatic hydroxyl groups excluding tert-OH is 1. The molecule has 0 radical (unpaired) electrons. The van der Waals surface area contributed by atoms with E-state index in [9.17, 15) is 13.9 Å². The summed E-state index contributed by atoms with van der Waals surface area (Å²) in [5, 5.41) is 9.91. The van der Waals surface area contributed by atoms with Crippen molar-refractivity contribution >= 4 is 0 Å². The van der Waals surface area contributed by atoms with Gasteiger partial charge in [0.05, 0.1) is 12.9 Å². The summed E-state index contributed by atoms with van der Waals surface area (Å²) in [5.41, 5.74) is 0.866. The molecule has 0 saturated carbocycles. The number of aliphatic hydroxyl groups is 1. The van der Waals surface area contributed by atoms with Gasteiger partial charge in [-0.2, -0.15) is 0 Å². The average molecular weight is 226 g/mol. The van der Waals surface area contributed by atoms with Gasteiger partial charge in [0.15, 0.2) is 0 Å². The van der Waals surface area contributed by atoms with Gasteiger partial charge in [-0.25, -0.2) is 8.78 Å². The van der Waals surface area contributed by atoms with E-state index in [1.807, 2.05) is 0 Å². The van der Waals surface area contributed by atoms with Crippen LogP contribution in [0.5, 0.6) is 0 Å². The van der Waals surface area contributed by atoms with Crippen LogP contribution in [0, 0.1) is 11.6 Å². The van der Waals surface area contributed by atoms with Crippen LogP contribution < -0.4 is 0 Å². The molecular formula is C12H12F2O2. The first kappa shape index (κ1) is 11.1. The van der Waals surface area contributed by atoms with Crippen molar-refractivity contribution in [3.8, 4) is 0 Å². The minimum absolute atomic E-state index is 0.217. The molecule has 1 heterocycles. The second-order valence-corrected chi connectivity index (χ2v) is 3.77. The van der Waals surface area contributed by atoms with Crippen molar-refractivity contribution in [3.63, 3.8) is 0 Å². The Labute approximate surface area is 92.2 Å². The van der Waals surface area contributed by atoms with Crippen LogP contribution in [0.3, 0.4) is 0 Å².